The first-order valence-corrected chi connectivity index (χ1v) is 8.35. The van der Waals surface area contributed by atoms with Crippen LogP contribution in [-0.4, -0.2) is 39.1 Å². The molecule has 0 spiro atoms. The summed E-state index contributed by atoms with van der Waals surface area (Å²) in [6, 6.07) is 6.23. The maximum Gasteiger partial charge on any atom is 0.318 e. The van der Waals surface area contributed by atoms with Crippen molar-refractivity contribution in [3.63, 3.8) is 0 Å². The Hall–Kier alpha value is -2.15. The number of aliphatic hydroxyl groups is 1. The van der Waals surface area contributed by atoms with E-state index >= 15 is 0 Å². The van der Waals surface area contributed by atoms with Gasteiger partial charge in [0.15, 0.2) is 0 Å². The number of hydrogen-bond acceptors (Lipinski definition) is 4. The standard InChI is InChI=1S/C17H25N3O4/c1-12(2)19(11-13-3-7-15(8-4-13)20(23)24)17(22)18-14-5-9-16(21)10-6-14/h3-4,7-8,12,14,16,21H,5-6,9-11H2,1-2H3,(H,18,22). The van der Waals surface area contributed by atoms with Crippen molar-refractivity contribution < 1.29 is 14.8 Å². The molecule has 1 aliphatic rings. The Morgan fingerprint density at radius 1 is 1.29 bits per heavy atom. The summed E-state index contributed by atoms with van der Waals surface area (Å²) in [5.41, 5.74) is 0.892. The summed E-state index contributed by atoms with van der Waals surface area (Å²) in [5.74, 6) is 0. The van der Waals surface area contributed by atoms with Gasteiger partial charge in [-0.15, -0.1) is 0 Å². The highest BCUT2D eigenvalue weighted by Gasteiger charge is 2.24. The third kappa shape index (κ3) is 4.92. The Morgan fingerprint density at radius 3 is 2.38 bits per heavy atom. The molecule has 0 heterocycles. The van der Waals surface area contributed by atoms with Gasteiger partial charge >= 0.3 is 6.03 Å². The molecule has 1 fully saturated rings. The Morgan fingerprint density at radius 2 is 1.88 bits per heavy atom. The lowest BCUT2D eigenvalue weighted by Gasteiger charge is -2.32. The van der Waals surface area contributed by atoms with Crippen LogP contribution in [0.5, 0.6) is 0 Å². The van der Waals surface area contributed by atoms with Gasteiger partial charge in [0.05, 0.1) is 11.0 Å². The van der Waals surface area contributed by atoms with Gasteiger partial charge in [-0.2, -0.15) is 0 Å². The highest BCUT2D eigenvalue weighted by atomic mass is 16.6. The number of nitro groups is 1. The van der Waals surface area contributed by atoms with Crippen molar-refractivity contribution in [2.75, 3.05) is 0 Å². The molecule has 7 heteroatoms. The van der Waals surface area contributed by atoms with Gasteiger partial charge in [-0.3, -0.25) is 10.1 Å². The van der Waals surface area contributed by atoms with E-state index in [0.29, 0.717) is 6.54 Å². The van der Waals surface area contributed by atoms with Crippen molar-refractivity contribution in [2.45, 2.75) is 64.3 Å². The van der Waals surface area contributed by atoms with E-state index in [1.165, 1.54) is 12.1 Å². The molecule has 1 saturated carbocycles. The van der Waals surface area contributed by atoms with Gasteiger partial charge in [0, 0.05) is 30.8 Å². The highest BCUT2D eigenvalue weighted by Crippen LogP contribution is 2.19. The lowest BCUT2D eigenvalue weighted by atomic mass is 9.93. The van der Waals surface area contributed by atoms with Crippen molar-refractivity contribution in [1.82, 2.24) is 10.2 Å². The Bertz CT molecular complexity index is 566. The molecular weight excluding hydrogens is 310 g/mol. The van der Waals surface area contributed by atoms with Gasteiger partial charge in [-0.25, -0.2) is 4.79 Å². The van der Waals surface area contributed by atoms with E-state index in [4.69, 9.17) is 0 Å². The average Bonchev–Trinajstić information content (AvgIpc) is 2.54. The quantitative estimate of drug-likeness (QED) is 0.639. The van der Waals surface area contributed by atoms with Gasteiger partial charge < -0.3 is 15.3 Å². The van der Waals surface area contributed by atoms with Crippen LogP contribution >= 0.6 is 0 Å². The van der Waals surface area contributed by atoms with Crippen molar-refractivity contribution in [1.29, 1.82) is 0 Å². The number of nitrogens with one attached hydrogen (secondary N) is 1. The van der Waals surface area contributed by atoms with E-state index in [0.717, 1.165) is 31.2 Å². The predicted octanol–water partition coefficient (Wildman–Crippen LogP) is 2.82. The van der Waals surface area contributed by atoms with Crippen molar-refractivity contribution in [3.05, 3.63) is 39.9 Å². The molecule has 2 N–H and O–H groups in total. The minimum Gasteiger partial charge on any atom is -0.393 e. The van der Waals surface area contributed by atoms with Crippen LogP contribution in [0.3, 0.4) is 0 Å². The van der Waals surface area contributed by atoms with E-state index in [1.54, 1.807) is 17.0 Å². The van der Waals surface area contributed by atoms with E-state index in [1.807, 2.05) is 13.8 Å². The SMILES string of the molecule is CC(C)N(Cc1ccc([N+](=O)[O-])cc1)C(=O)NC1CCC(O)CC1. The molecule has 0 aromatic heterocycles. The molecule has 0 atom stereocenters. The molecule has 0 aliphatic heterocycles. The topological polar surface area (TPSA) is 95.7 Å². The largest absolute Gasteiger partial charge is 0.393 e. The molecule has 1 aromatic rings. The third-order valence-corrected chi connectivity index (χ3v) is 4.41. The van der Waals surface area contributed by atoms with Gasteiger partial charge in [0.25, 0.3) is 5.69 Å². The van der Waals surface area contributed by atoms with E-state index in [9.17, 15) is 20.0 Å². The third-order valence-electron chi connectivity index (χ3n) is 4.41. The molecule has 0 bridgehead atoms. The summed E-state index contributed by atoms with van der Waals surface area (Å²) in [4.78, 5) is 24.5. The maximum absolute atomic E-state index is 12.6. The molecule has 7 nitrogen and oxygen atoms in total. The first-order valence-electron chi connectivity index (χ1n) is 8.35. The second-order valence-electron chi connectivity index (χ2n) is 6.60. The lowest BCUT2D eigenvalue weighted by Crippen LogP contribution is -2.48. The normalized spacial score (nSPS) is 20.7. The van der Waals surface area contributed by atoms with Crippen LogP contribution in [0.4, 0.5) is 10.5 Å². The monoisotopic (exact) mass is 335 g/mol. The number of rotatable bonds is 5. The summed E-state index contributed by atoms with van der Waals surface area (Å²) in [6.07, 6.45) is 2.76. The molecule has 1 aromatic carbocycles. The first kappa shape index (κ1) is 18.2. The molecular formula is C17H25N3O4. The fraction of sp³-hybridized carbons (Fsp3) is 0.588. The van der Waals surface area contributed by atoms with E-state index in [-0.39, 0.29) is 29.9 Å². The van der Waals surface area contributed by atoms with E-state index < -0.39 is 4.92 Å². The summed E-state index contributed by atoms with van der Waals surface area (Å²) in [5, 5.41) is 23.3. The van der Waals surface area contributed by atoms with Gasteiger partial charge in [0.2, 0.25) is 0 Å². The number of aliphatic hydroxyl groups excluding tert-OH is 1. The number of hydrogen-bond donors (Lipinski definition) is 2. The van der Waals surface area contributed by atoms with Crippen molar-refractivity contribution in [2.24, 2.45) is 0 Å². The lowest BCUT2D eigenvalue weighted by molar-refractivity contribution is -0.384. The summed E-state index contributed by atoms with van der Waals surface area (Å²) < 4.78 is 0. The highest BCUT2D eigenvalue weighted by molar-refractivity contribution is 5.74. The van der Waals surface area contributed by atoms with Crippen LogP contribution < -0.4 is 5.32 Å². The number of carbonyl (C=O) groups excluding carboxylic acids is 1. The van der Waals surface area contributed by atoms with Crippen LogP contribution in [0, 0.1) is 10.1 Å². The van der Waals surface area contributed by atoms with Crippen molar-refractivity contribution >= 4 is 11.7 Å². The number of non-ortho nitro benzene ring substituents is 1. The predicted molar refractivity (Wildman–Crippen MR) is 90.6 cm³/mol. The molecule has 2 rings (SSSR count). The zero-order valence-corrected chi connectivity index (χ0v) is 14.1. The molecule has 132 valence electrons. The summed E-state index contributed by atoms with van der Waals surface area (Å²) in [6.45, 7) is 4.28. The first-order chi connectivity index (χ1) is 11.4. The zero-order chi connectivity index (χ0) is 17.7. The maximum atomic E-state index is 12.6. The number of urea groups is 1. The van der Waals surface area contributed by atoms with Crippen LogP contribution in [-0.2, 0) is 6.54 Å². The van der Waals surface area contributed by atoms with Crippen LogP contribution in [0.1, 0.15) is 45.1 Å². The van der Waals surface area contributed by atoms with Crippen molar-refractivity contribution in [3.8, 4) is 0 Å². The van der Waals surface area contributed by atoms with Gasteiger partial charge in [-0.05, 0) is 45.1 Å². The van der Waals surface area contributed by atoms with Crippen LogP contribution in [0.15, 0.2) is 24.3 Å². The smallest absolute Gasteiger partial charge is 0.318 e. The second-order valence-corrected chi connectivity index (χ2v) is 6.60. The molecule has 2 amide bonds. The Kier molecular flexibility index (Phi) is 6.14. The van der Waals surface area contributed by atoms with Gasteiger partial charge in [-0.1, -0.05) is 12.1 Å². The number of benzene rings is 1. The molecule has 24 heavy (non-hydrogen) atoms. The second kappa shape index (κ2) is 8.10. The average molecular weight is 335 g/mol. The molecule has 0 unspecified atom stereocenters. The number of nitrogens with zero attached hydrogens (tertiary/aromatic N) is 2. The summed E-state index contributed by atoms with van der Waals surface area (Å²) in [7, 11) is 0. The number of carbonyl (C=O) groups is 1. The van der Waals surface area contributed by atoms with Crippen LogP contribution in [0.2, 0.25) is 0 Å². The fourth-order valence-electron chi connectivity index (χ4n) is 2.89. The minimum absolute atomic E-state index is 0.00868. The minimum atomic E-state index is -0.436. The van der Waals surface area contributed by atoms with Gasteiger partial charge in [0.1, 0.15) is 0 Å². The van der Waals surface area contributed by atoms with Crippen LogP contribution in [0.25, 0.3) is 0 Å². The Labute approximate surface area is 141 Å². The fourth-order valence-corrected chi connectivity index (χ4v) is 2.89. The Balaban J connectivity index is 1.97. The molecule has 0 radical (unpaired) electrons. The summed E-state index contributed by atoms with van der Waals surface area (Å²) >= 11 is 0. The zero-order valence-electron chi connectivity index (χ0n) is 14.1. The van der Waals surface area contributed by atoms with E-state index in [2.05, 4.69) is 5.32 Å². The number of amides is 2. The number of nitro benzene ring substituents is 1. The molecule has 1 aliphatic carbocycles. The molecule has 0 saturated heterocycles.